The van der Waals surface area contributed by atoms with E-state index in [1.165, 1.54) is 25.2 Å². The number of anilines is 1. The van der Waals surface area contributed by atoms with E-state index >= 15 is 0 Å². The van der Waals surface area contributed by atoms with Crippen molar-refractivity contribution >= 4 is 29.2 Å². The summed E-state index contributed by atoms with van der Waals surface area (Å²) in [5, 5.41) is 0.396. The highest BCUT2D eigenvalue weighted by Gasteiger charge is 2.47. The molecule has 0 unspecified atom stereocenters. The molecule has 0 saturated heterocycles. The van der Waals surface area contributed by atoms with Crippen LogP contribution in [0.25, 0.3) is 0 Å². The van der Waals surface area contributed by atoms with Gasteiger partial charge in [0.25, 0.3) is 5.91 Å². The summed E-state index contributed by atoms with van der Waals surface area (Å²) in [7, 11) is 2.96. The number of carbonyl (C=O) groups is 2. The van der Waals surface area contributed by atoms with Crippen LogP contribution in [0.4, 0.5) is 5.69 Å². The van der Waals surface area contributed by atoms with Gasteiger partial charge in [0.1, 0.15) is 0 Å². The third-order valence-corrected chi connectivity index (χ3v) is 4.40. The van der Waals surface area contributed by atoms with Crippen molar-refractivity contribution in [1.82, 2.24) is 0 Å². The summed E-state index contributed by atoms with van der Waals surface area (Å²) in [5.41, 5.74) is 1.61. The van der Waals surface area contributed by atoms with E-state index in [9.17, 15) is 9.59 Å². The van der Waals surface area contributed by atoms with Crippen LogP contribution in [0.3, 0.4) is 0 Å². The summed E-state index contributed by atoms with van der Waals surface area (Å²) in [6.45, 7) is 0. The van der Waals surface area contributed by atoms with Crippen LogP contribution in [0.5, 0.6) is 11.5 Å². The summed E-state index contributed by atoms with van der Waals surface area (Å²) in [6, 6.07) is 8.14. The van der Waals surface area contributed by atoms with Crippen molar-refractivity contribution in [1.29, 1.82) is 0 Å². The lowest BCUT2D eigenvalue weighted by molar-refractivity contribution is 0.0273. The molecule has 122 valence electrons. The molecule has 0 bridgehead atoms. The Hall–Kier alpha value is -2.73. The van der Waals surface area contributed by atoms with Gasteiger partial charge >= 0.3 is 5.97 Å². The average molecular weight is 346 g/mol. The summed E-state index contributed by atoms with van der Waals surface area (Å²) >= 11 is 5.95. The van der Waals surface area contributed by atoms with Crippen molar-refractivity contribution in [2.24, 2.45) is 0 Å². The van der Waals surface area contributed by atoms with Crippen LogP contribution in [0.15, 0.2) is 30.3 Å². The van der Waals surface area contributed by atoms with Crippen LogP contribution in [0, 0.1) is 0 Å². The normalized spacial score (nSPS) is 17.8. The topological polar surface area (TPSA) is 65.1 Å². The van der Waals surface area contributed by atoms with Gasteiger partial charge in [0.15, 0.2) is 11.5 Å². The van der Waals surface area contributed by atoms with Gasteiger partial charge in [-0.15, -0.1) is 0 Å². The number of ether oxygens (including phenoxy) is 3. The Morgan fingerprint density at radius 2 is 1.92 bits per heavy atom. The average Bonchev–Trinajstić information content (AvgIpc) is 2.87. The van der Waals surface area contributed by atoms with Gasteiger partial charge in [-0.25, -0.2) is 4.79 Å². The number of hydrogen-bond donors (Lipinski definition) is 0. The van der Waals surface area contributed by atoms with Gasteiger partial charge in [-0.3, -0.25) is 9.69 Å². The monoisotopic (exact) mass is 345 g/mol. The first-order valence-electron chi connectivity index (χ1n) is 7.15. The standard InChI is InChI=1S/C17H12ClNO5/c1-22-12-6-4-9-13(14(12)23-2)15(20)19-11-5-3-8(18)7-10(11)17(21)24-16(9)19/h3-7,16H,1-2H3/t16-/m0/s1. The zero-order valence-electron chi connectivity index (χ0n) is 12.8. The largest absolute Gasteiger partial charge is 0.493 e. The lowest BCUT2D eigenvalue weighted by Crippen LogP contribution is -2.36. The second-order valence-electron chi connectivity index (χ2n) is 5.36. The third kappa shape index (κ3) is 1.83. The van der Waals surface area contributed by atoms with E-state index in [1.54, 1.807) is 24.3 Å². The highest BCUT2D eigenvalue weighted by atomic mass is 35.5. The molecule has 4 rings (SSSR count). The maximum atomic E-state index is 13.0. The Morgan fingerprint density at radius 3 is 2.62 bits per heavy atom. The molecule has 0 aliphatic carbocycles. The summed E-state index contributed by atoms with van der Waals surface area (Å²) < 4.78 is 16.1. The van der Waals surface area contributed by atoms with E-state index < -0.39 is 12.2 Å². The Bertz CT molecular complexity index is 895. The number of fused-ring (bicyclic) bond motifs is 5. The molecular formula is C17H12ClNO5. The van der Waals surface area contributed by atoms with Crippen molar-refractivity contribution in [3.63, 3.8) is 0 Å². The summed E-state index contributed by atoms with van der Waals surface area (Å²) in [5.74, 6) is -0.0842. The number of methoxy groups -OCH3 is 2. The van der Waals surface area contributed by atoms with E-state index in [-0.39, 0.29) is 11.5 Å². The Kier molecular flexibility index (Phi) is 3.18. The molecule has 0 fully saturated rings. The van der Waals surface area contributed by atoms with E-state index in [2.05, 4.69) is 0 Å². The molecule has 0 radical (unpaired) electrons. The molecule has 1 amide bonds. The minimum absolute atomic E-state index is 0.255. The lowest BCUT2D eigenvalue weighted by Gasteiger charge is -2.31. The van der Waals surface area contributed by atoms with E-state index in [0.29, 0.717) is 33.3 Å². The van der Waals surface area contributed by atoms with Crippen LogP contribution in [0.1, 0.15) is 32.5 Å². The molecule has 7 heteroatoms. The number of carbonyl (C=O) groups excluding carboxylic acids is 2. The smallest absolute Gasteiger partial charge is 0.342 e. The van der Waals surface area contributed by atoms with E-state index in [1.807, 2.05) is 0 Å². The molecule has 24 heavy (non-hydrogen) atoms. The molecule has 1 atom stereocenters. The number of rotatable bonds is 2. The van der Waals surface area contributed by atoms with Gasteiger partial charge in [-0.2, -0.15) is 0 Å². The molecule has 2 heterocycles. The van der Waals surface area contributed by atoms with Crippen LogP contribution in [-0.2, 0) is 4.74 Å². The SMILES string of the molecule is COc1ccc2c(c1OC)C(=O)N1c3ccc(Cl)cc3C(=O)O[C@@H]21. The predicted octanol–water partition coefficient (Wildman–Crippen LogP) is 3.19. The van der Waals surface area contributed by atoms with Crippen LogP contribution in [-0.4, -0.2) is 26.1 Å². The van der Waals surface area contributed by atoms with E-state index in [0.717, 1.165) is 0 Å². The predicted molar refractivity (Wildman–Crippen MR) is 86.0 cm³/mol. The molecule has 2 aliphatic rings. The first-order chi connectivity index (χ1) is 11.6. The fourth-order valence-corrected chi connectivity index (χ4v) is 3.31. The summed E-state index contributed by atoms with van der Waals surface area (Å²) in [4.78, 5) is 26.7. The number of hydrogen-bond acceptors (Lipinski definition) is 5. The Morgan fingerprint density at radius 1 is 1.12 bits per heavy atom. The minimum atomic E-state index is -0.825. The minimum Gasteiger partial charge on any atom is -0.493 e. The Labute approximate surface area is 142 Å². The zero-order chi connectivity index (χ0) is 17.0. The van der Waals surface area contributed by atoms with Crippen molar-refractivity contribution in [2.75, 3.05) is 19.1 Å². The molecule has 0 aromatic heterocycles. The highest BCUT2D eigenvalue weighted by Crippen LogP contribution is 2.48. The van der Waals surface area contributed by atoms with Crippen LogP contribution >= 0.6 is 11.6 Å². The third-order valence-electron chi connectivity index (χ3n) is 4.17. The molecule has 2 aromatic rings. The van der Waals surface area contributed by atoms with Crippen LogP contribution < -0.4 is 14.4 Å². The van der Waals surface area contributed by atoms with Gasteiger partial charge in [-0.1, -0.05) is 11.6 Å². The highest BCUT2D eigenvalue weighted by molar-refractivity contribution is 6.31. The van der Waals surface area contributed by atoms with Gasteiger partial charge in [0.05, 0.1) is 31.0 Å². The molecular weight excluding hydrogens is 334 g/mol. The van der Waals surface area contributed by atoms with Gasteiger partial charge in [0, 0.05) is 10.6 Å². The fourth-order valence-electron chi connectivity index (χ4n) is 3.13. The van der Waals surface area contributed by atoms with Gasteiger partial charge < -0.3 is 14.2 Å². The maximum Gasteiger partial charge on any atom is 0.342 e. The first-order valence-corrected chi connectivity index (χ1v) is 7.53. The van der Waals surface area contributed by atoms with Crippen molar-refractivity contribution in [3.8, 4) is 11.5 Å². The van der Waals surface area contributed by atoms with E-state index in [4.69, 9.17) is 25.8 Å². The zero-order valence-corrected chi connectivity index (χ0v) is 13.6. The number of halogens is 1. The van der Waals surface area contributed by atoms with Gasteiger partial charge in [-0.05, 0) is 30.3 Å². The first kappa shape index (κ1) is 14.8. The lowest BCUT2D eigenvalue weighted by atomic mass is 10.1. The summed E-state index contributed by atoms with van der Waals surface area (Å²) in [6.07, 6.45) is -0.825. The molecule has 0 saturated carbocycles. The molecule has 0 spiro atoms. The molecule has 2 aromatic carbocycles. The quantitative estimate of drug-likeness (QED) is 0.782. The molecule has 6 nitrogen and oxygen atoms in total. The number of nitrogens with zero attached hydrogens (tertiary/aromatic N) is 1. The molecule has 2 aliphatic heterocycles. The van der Waals surface area contributed by atoms with Crippen molar-refractivity contribution in [3.05, 3.63) is 52.0 Å². The number of benzene rings is 2. The van der Waals surface area contributed by atoms with Crippen molar-refractivity contribution in [2.45, 2.75) is 6.23 Å². The number of esters is 1. The Balaban J connectivity index is 1.94. The van der Waals surface area contributed by atoms with Crippen molar-refractivity contribution < 1.29 is 23.8 Å². The second-order valence-corrected chi connectivity index (χ2v) is 5.80. The number of amides is 1. The fraction of sp³-hybridized carbons (Fsp3) is 0.176. The van der Waals surface area contributed by atoms with Crippen LogP contribution in [0.2, 0.25) is 5.02 Å². The maximum absolute atomic E-state index is 13.0. The molecule has 0 N–H and O–H groups in total. The second kappa shape index (κ2) is 5.14. The van der Waals surface area contributed by atoms with Gasteiger partial charge in [0.2, 0.25) is 6.23 Å².